The second-order valence-electron chi connectivity index (χ2n) is 3.73. The average Bonchev–Trinajstić information content (AvgIpc) is 2.54. The summed E-state index contributed by atoms with van der Waals surface area (Å²) in [5.41, 5.74) is 1.16. The molecule has 2 aromatic rings. The molecule has 0 aliphatic carbocycles. The van der Waals surface area contributed by atoms with Gasteiger partial charge in [-0.25, -0.2) is 18.4 Å². The molecule has 0 bridgehead atoms. The van der Waals surface area contributed by atoms with Crippen molar-refractivity contribution in [1.29, 1.82) is 0 Å². The molecule has 18 heavy (non-hydrogen) atoms. The molecule has 0 spiro atoms. The van der Waals surface area contributed by atoms with E-state index in [2.05, 4.69) is 9.97 Å². The number of fused-ring (bicyclic) bond motifs is 1. The lowest BCUT2D eigenvalue weighted by Gasteiger charge is -2.01. The van der Waals surface area contributed by atoms with Crippen LogP contribution in [0, 0.1) is 13.8 Å². The Morgan fingerprint density at radius 3 is 2.78 bits per heavy atom. The summed E-state index contributed by atoms with van der Waals surface area (Å²) < 4.78 is 21.8. The molecule has 2 aromatic heterocycles. The van der Waals surface area contributed by atoms with Gasteiger partial charge in [0.05, 0.1) is 5.75 Å². The first-order chi connectivity index (χ1) is 8.38. The van der Waals surface area contributed by atoms with Crippen LogP contribution in [0.25, 0.3) is 10.2 Å². The first kappa shape index (κ1) is 14.0. The highest BCUT2D eigenvalue weighted by Gasteiger charge is 2.13. The van der Waals surface area contributed by atoms with Gasteiger partial charge in [-0.15, -0.1) is 23.1 Å². The third kappa shape index (κ3) is 3.14. The van der Waals surface area contributed by atoms with Crippen LogP contribution in [0.5, 0.6) is 0 Å². The van der Waals surface area contributed by atoms with Crippen LogP contribution in [0.3, 0.4) is 0 Å². The van der Waals surface area contributed by atoms with Crippen molar-refractivity contribution >= 4 is 53.0 Å². The van der Waals surface area contributed by atoms with Crippen LogP contribution in [0.4, 0.5) is 0 Å². The summed E-state index contributed by atoms with van der Waals surface area (Å²) in [6.07, 6.45) is 1.51. The van der Waals surface area contributed by atoms with Crippen LogP contribution in [0.2, 0.25) is 0 Å². The van der Waals surface area contributed by atoms with Crippen molar-refractivity contribution in [3.63, 3.8) is 0 Å². The topological polar surface area (TPSA) is 59.9 Å². The van der Waals surface area contributed by atoms with Gasteiger partial charge in [-0.3, -0.25) is 0 Å². The van der Waals surface area contributed by atoms with Gasteiger partial charge in [0.25, 0.3) is 0 Å². The van der Waals surface area contributed by atoms with E-state index in [9.17, 15) is 8.42 Å². The molecule has 0 saturated heterocycles. The number of aromatic nitrogens is 2. The van der Waals surface area contributed by atoms with E-state index in [1.807, 2.05) is 13.8 Å². The smallest absolute Gasteiger partial charge is 0.229 e. The maximum absolute atomic E-state index is 10.9. The number of hydrogen-bond donors (Lipinski definition) is 0. The summed E-state index contributed by atoms with van der Waals surface area (Å²) in [5, 5.41) is 1.85. The van der Waals surface area contributed by atoms with Crippen LogP contribution >= 0.6 is 33.8 Å². The summed E-state index contributed by atoms with van der Waals surface area (Å²) >= 11 is 3.02. The zero-order valence-electron chi connectivity index (χ0n) is 9.81. The Balaban J connectivity index is 2.28. The summed E-state index contributed by atoms with van der Waals surface area (Å²) in [6.45, 7) is 4.07. The molecule has 98 valence electrons. The standard InChI is InChI=1S/C10H11ClN2O2S3/c1-6-7(2)17-10-8(6)9(12-5-13-10)16-3-4-18(11,14)15/h5H,3-4H2,1-2H3. The zero-order chi connectivity index (χ0) is 13.3. The largest absolute Gasteiger partial charge is 0.233 e. The van der Waals surface area contributed by atoms with Crippen LogP contribution in [0.1, 0.15) is 10.4 Å². The van der Waals surface area contributed by atoms with E-state index < -0.39 is 9.05 Å². The van der Waals surface area contributed by atoms with E-state index in [1.54, 1.807) is 11.3 Å². The summed E-state index contributed by atoms with van der Waals surface area (Å²) in [7, 11) is 1.74. The fourth-order valence-corrected chi connectivity index (χ4v) is 4.96. The lowest BCUT2D eigenvalue weighted by molar-refractivity contribution is 0.611. The van der Waals surface area contributed by atoms with E-state index in [4.69, 9.17) is 10.7 Å². The van der Waals surface area contributed by atoms with Gasteiger partial charge in [-0.05, 0) is 19.4 Å². The Morgan fingerprint density at radius 2 is 2.11 bits per heavy atom. The van der Waals surface area contributed by atoms with Crippen LogP contribution in [0.15, 0.2) is 11.4 Å². The number of halogens is 1. The number of aryl methyl sites for hydroxylation is 2. The van der Waals surface area contributed by atoms with Gasteiger partial charge < -0.3 is 0 Å². The van der Waals surface area contributed by atoms with E-state index in [1.165, 1.54) is 23.0 Å². The molecule has 8 heteroatoms. The summed E-state index contributed by atoms with van der Waals surface area (Å²) in [4.78, 5) is 10.6. The van der Waals surface area contributed by atoms with Crippen molar-refractivity contribution in [3.8, 4) is 0 Å². The molecule has 2 heterocycles. The number of rotatable bonds is 4. The molecule has 0 amide bonds. The lowest BCUT2D eigenvalue weighted by atomic mass is 10.2. The van der Waals surface area contributed by atoms with Gasteiger partial charge in [0.2, 0.25) is 9.05 Å². The number of thiophene rings is 1. The van der Waals surface area contributed by atoms with Gasteiger partial charge in [-0.2, -0.15) is 0 Å². The predicted octanol–water partition coefficient (Wildman–Crippen LogP) is 2.97. The molecule has 0 N–H and O–H groups in total. The number of thioether (sulfide) groups is 1. The molecular weight excluding hydrogens is 312 g/mol. The Hall–Kier alpha value is -0.370. The van der Waals surface area contributed by atoms with E-state index in [-0.39, 0.29) is 5.75 Å². The second kappa shape index (κ2) is 5.32. The van der Waals surface area contributed by atoms with Crippen molar-refractivity contribution in [2.75, 3.05) is 11.5 Å². The van der Waals surface area contributed by atoms with Crippen molar-refractivity contribution in [3.05, 3.63) is 16.8 Å². The maximum atomic E-state index is 10.9. The first-order valence-corrected chi connectivity index (χ1v) is 9.42. The Bertz CT molecular complexity index is 682. The normalized spacial score (nSPS) is 12.2. The molecule has 0 aromatic carbocycles. The van der Waals surface area contributed by atoms with Crippen molar-refractivity contribution in [2.45, 2.75) is 18.9 Å². The molecule has 0 saturated carbocycles. The third-order valence-electron chi connectivity index (χ3n) is 2.50. The van der Waals surface area contributed by atoms with Crippen LogP contribution in [-0.4, -0.2) is 29.9 Å². The molecule has 0 unspecified atom stereocenters. The van der Waals surface area contributed by atoms with Crippen LogP contribution in [-0.2, 0) is 9.05 Å². The molecule has 2 rings (SSSR count). The highest BCUT2D eigenvalue weighted by atomic mass is 35.7. The maximum Gasteiger partial charge on any atom is 0.233 e. The minimum atomic E-state index is -3.44. The lowest BCUT2D eigenvalue weighted by Crippen LogP contribution is -2.00. The van der Waals surface area contributed by atoms with Crippen LogP contribution < -0.4 is 0 Å². The van der Waals surface area contributed by atoms with Gasteiger partial charge in [-0.1, -0.05) is 0 Å². The molecule has 0 radical (unpaired) electrons. The van der Waals surface area contributed by atoms with Gasteiger partial charge in [0.1, 0.15) is 16.2 Å². The minimum Gasteiger partial charge on any atom is -0.229 e. The SMILES string of the molecule is Cc1sc2ncnc(SCCS(=O)(=O)Cl)c2c1C. The quantitative estimate of drug-likeness (QED) is 0.492. The molecule has 0 aliphatic heterocycles. The fourth-order valence-electron chi connectivity index (χ4n) is 1.50. The minimum absolute atomic E-state index is 0.0626. The number of hydrogen-bond acceptors (Lipinski definition) is 6. The van der Waals surface area contributed by atoms with Crippen molar-refractivity contribution < 1.29 is 8.42 Å². The molecule has 0 fully saturated rings. The van der Waals surface area contributed by atoms with E-state index in [0.717, 1.165) is 20.8 Å². The monoisotopic (exact) mass is 322 g/mol. The zero-order valence-corrected chi connectivity index (χ0v) is 13.0. The Kier molecular flexibility index (Phi) is 4.15. The van der Waals surface area contributed by atoms with E-state index in [0.29, 0.717) is 5.75 Å². The highest BCUT2D eigenvalue weighted by molar-refractivity contribution is 8.14. The van der Waals surface area contributed by atoms with Gasteiger partial charge in [0.15, 0.2) is 0 Å². The fraction of sp³-hybridized carbons (Fsp3) is 0.400. The third-order valence-corrected chi connectivity index (χ3v) is 6.02. The molecule has 0 atom stereocenters. The molecule has 4 nitrogen and oxygen atoms in total. The Morgan fingerprint density at radius 1 is 1.39 bits per heavy atom. The molecule has 0 aliphatic rings. The highest BCUT2D eigenvalue weighted by Crippen LogP contribution is 2.34. The van der Waals surface area contributed by atoms with Gasteiger partial charge in [0, 0.05) is 26.7 Å². The second-order valence-corrected chi connectivity index (χ2v) is 8.92. The van der Waals surface area contributed by atoms with Crippen molar-refractivity contribution in [2.24, 2.45) is 0 Å². The van der Waals surface area contributed by atoms with E-state index >= 15 is 0 Å². The first-order valence-electron chi connectivity index (χ1n) is 5.14. The Labute approximate surface area is 118 Å². The average molecular weight is 323 g/mol. The summed E-state index contributed by atoms with van der Waals surface area (Å²) in [6, 6.07) is 0. The van der Waals surface area contributed by atoms with Gasteiger partial charge >= 0.3 is 0 Å². The van der Waals surface area contributed by atoms with Crippen molar-refractivity contribution in [1.82, 2.24) is 9.97 Å². The summed E-state index contributed by atoms with van der Waals surface area (Å²) in [5.74, 6) is 0.333. The predicted molar refractivity (Wildman–Crippen MR) is 77.3 cm³/mol. The molecular formula is C10H11ClN2O2S3. The number of nitrogens with zero attached hydrogens (tertiary/aromatic N) is 2.